The molecule has 1 amide bonds. The fourth-order valence-electron chi connectivity index (χ4n) is 2.74. The first kappa shape index (κ1) is 13.6. The maximum Gasteiger partial charge on any atom is 0.261 e. The fraction of sp³-hybridized carbons (Fsp3) is 0.235. The van der Waals surface area contributed by atoms with Crippen LogP contribution < -0.4 is 10.6 Å². The van der Waals surface area contributed by atoms with E-state index in [0.29, 0.717) is 12.2 Å². The summed E-state index contributed by atoms with van der Waals surface area (Å²) in [5.41, 5.74) is 9.21. The van der Waals surface area contributed by atoms with E-state index in [1.54, 1.807) is 30.0 Å². The molecular weight excluding hydrogens is 267 g/mol. The van der Waals surface area contributed by atoms with E-state index in [4.69, 9.17) is 5.73 Å². The van der Waals surface area contributed by atoms with Crippen LogP contribution in [0.4, 0.5) is 15.8 Å². The molecule has 0 aromatic heterocycles. The third-order valence-electron chi connectivity index (χ3n) is 3.83. The summed E-state index contributed by atoms with van der Waals surface area (Å²) in [4.78, 5) is 14.3. The van der Waals surface area contributed by atoms with E-state index in [9.17, 15) is 9.18 Å². The van der Waals surface area contributed by atoms with Crippen molar-refractivity contribution in [3.05, 3.63) is 58.9 Å². The summed E-state index contributed by atoms with van der Waals surface area (Å²) in [7, 11) is 0. The third-order valence-corrected chi connectivity index (χ3v) is 3.83. The molecule has 0 unspecified atom stereocenters. The van der Waals surface area contributed by atoms with E-state index in [1.165, 1.54) is 6.07 Å². The summed E-state index contributed by atoms with van der Waals surface area (Å²) in [5.74, 6) is -0.782. The second kappa shape index (κ2) is 5.20. The van der Waals surface area contributed by atoms with E-state index in [1.807, 2.05) is 12.1 Å². The van der Waals surface area contributed by atoms with Crippen molar-refractivity contribution >= 4 is 17.3 Å². The number of carbonyl (C=O) groups excluding carboxylic acids is 1. The van der Waals surface area contributed by atoms with Crippen LogP contribution in [0.25, 0.3) is 0 Å². The minimum Gasteiger partial charge on any atom is -0.399 e. The second-order valence-electron chi connectivity index (χ2n) is 5.43. The number of carbonyl (C=O) groups is 1. The first-order chi connectivity index (χ1) is 10.1. The second-order valence-corrected chi connectivity index (χ2v) is 5.43. The molecule has 4 heteroatoms. The van der Waals surface area contributed by atoms with Gasteiger partial charge in [0.25, 0.3) is 5.91 Å². The van der Waals surface area contributed by atoms with Gasteiger partial charge in [-0.25, -0.2) is 4.39 Å². The molecule has 0 atom stereocenters. The number of nitrogens with two attached hydrogens (primary N) is 1. The summed E-state index contributed by atoms with van der Waals surface area (Å²) in [6, 6.07) is 10.2. The van der Waals surface area contributed by atoms with Gasteiger partial charge in [-0.1, -0.05) is 12.1 Å². The van der Waals surface area contributed by atoms with Crippen LogP contribution in [0.5, 0.6) is 0 Å². The molecule has 0 saturated carbocycles. The van der Waals surface area contributed by atoms with Gasteiger partial charge in [0.2, 0.25) is 0 Å². The molecule has 2 aromatic rings. The Balaban J connectivity index is 2.02. The molecule has 2 N–H and O–H groups in total. The van der Waals surface area contributed by atoms with E-state index in [2.05, 4.69) is 0 Å². The number of halogens is 1. The molecule has 0 spiro atoms. The van der Waals surface area contributed by atoms with Gasteiger partial charge in [-0.2, -0.15) is 0 Å². The van der Waals surface area contributed by atoms with Crippen LogP contribution in [-0.4, -0.2) is 12.5 Å². The molecule has 1 aliphatic rings. The number of anilines is 2. The van der Waals surface area contributed by atoms with E-state index >= 15 is 0 Å². The molecule has 21 heavy (non-hydrogen) atoms. The molecule has 1 aliphatic heterocycles. The zero-order valence-corrected chi connectivity index (χ0v) is 11.9. The van der Waals surface area contributed by atoms with Crippen LogP contribution >= 0.6 is 0 Å². The first-order valence-electron chi connectivity index (χ1n) is 7.02. The molecule has 108 valence electrons. The topological polar surface area (TPSA) is 46.3 Å². The highest BCUT2D eigenvalue weighted by Crippen LogP contribution is 2.30. The maximum absolute atomic E-state index is 14.0. The number of nitrogen functional groups attached to an aromatic ring is 1. The van der Waals surface area contributed by atoms with Gasteiger partial charge in [0.05, 0.1) is 5.56 Å². The van der Waals surface area contributed by atoms with Gasteiger partial charge in [0.15, 0.2) is 0 Å². The van der Waals surface area contributed by atoms with Crippen LogP contribution in [-0.2, 0) is 6.42 Å². The Hall–Kier alpha value is -2.36. The number of hydrogen-bond acceptors (Lipinski definition) is 2. The van der Waals surface area contributed by atoms with E-state index in [0.717, 1.165) is 29.7 Å². The summed E-state index contributed by atoms with van der Waals surface area (Å²) < 4.78 is 14.0. The molecular formula is C17H17FN2O. The van der Waals surface area contributed by atoms with Crippen LogP contribution in [0.2, 0.25) is 0 Å². The van der Waals surface area contributed by atoms with Crippen molar-refractivity contribution in [1.82, 2.24) is 0 Å². The van der Waals surface area contributed by atoms with E-state index < -0.39 is 5.82 Å². The van der Waals surface area contributed by atoms with Crippen LogP contribution in [0.3, 0.4) is 0 Å². The Morgan fingerprint density at radius 3 is 2.81 bits per heavy atom. The Morgan fingerprint density at radius 1 is 1.24 bits per heavy atom. The van der Waals surface area contributed by atoms with Gasteiger partial charge in [0, 0.05) is 17.9 Å². The standard InChI is InChI=1S/C17H17FN2O/c1-11-4-7-14(15(18)9-11)17(21)20-8-2-3-12-5-6-13(19)10-16(12)20/h4-7,9-10H,2-3,8,19H2,1H3. The Bertz CT molecular complexity index is 712. The molecule has 3 rings (SSSR count). The number of benzene rings is 2. The lowest BCUT2D eigenvalue weighted by Gasteiger charge is -2.30. The zero-order chi connectivity index (χ0) is 15.0. The molecule has 0 fully saturated rings. The molecule has 0 aliphatic carbocycles. The Labute approximate surface area is 123 Å². The minimum atomic E-state index is -0.476. The molecule has 3 nitrogen and oxygen atoms in total. The summed E-state index contributed by atoms with van der Waals surface area (Å²) >= 11 is 0. The molecule has 2 aromatic carbocycles. The van der Waals surface area contributed by atoms with Crippen molar-refractivity contribution in [2.75, 3.05) is 17.2 Å². The number of hydrogen-bond donors (Lipinski definition) is 1. The first-order valence-corrected chi connectivity index (χ1v) is 7.02. The lowest BCUT2D eigenvalue weighted by Crippen LogP contribution is -2.36. The predicted octanol–water partition coefficient (Wildman–Crippen LogP) is 3.31. The fourth-order valence-corrected chi connectivity index (χ4v) is 2.74. The SMILES string of the molecule is Cc1ccc(C(=O)N2CCCc3ccc(N)cc32)c(F)c1. The van der Waals surface area contributed by atoms with Crippen LogP contribution in [0.1, 0.15) is 27.9 Å². The van der Waals surface area contributed by atoms with Crippen LogP contribution in [0, 0.1) is 12.7 Å². The van der Waals surface area contributed by atoms with Gasteiger partial charge in [0.1, 0.15) is 5.82 Å². The maximum atomic E-state index is 14.0. The van der Waals surface area contributed by atoms with Crippen molar-refractivity contribution in [2.45, 2.75) is 19.8 Å². The normalized spacial score (nSPS) is 13.9. The molecule has 1 heterocycles. The lowest BCUT2D eigenvalue weighted by atomic mass is 10.00. The average molecular weight is 284 g/mol. The van der Waals surface area contributed by atoms with Crippen molar-refractivity contribution in [2.24, 2.45) is 0 Å². The quantitative estimate of drug-likeness (QED) is 0.817. The highest BCUT2D eigenvalue weighted by molar-refractivity contribution is 6.07. The van der Waals surface area contributed by atoms with Crippen molar-refractivity contribution < 1.29 is 9.18 Å². The number of aryl methyl sites for hydroxylation is 2. The Kier molecular flexibility index (Phi) is 3.37. The number of nitrogens with zero attached hydrogens (tertiary/aromatic N) is 1. The highest BCUT2D eigenvalue weighted by Gasteiger charge is 2.25. The Morgan fingerprint density at radius 2 is 2.05 bits per heavy atom. The monoisotopic (exact) mass is 284 g/mol. The summed E-state index contributed by atoms with van der Waals surface area (Å²) in [6.45, 7) is 2.39. The van der Waals surface area contributed by atoms with Gasteiger partial charge >= 0.3 is 0 Å². The molecule has 0 radical (unpaired) electrons. The van der Waals surface area contributed by atoms with Gasteiger partial charge < -0.3 is 10.6 Å². The summed E-state index contributed by atoms with van der Waals surface area (Å²) in [6.07, 6.45) is 1.78. The van der Waals surface area contributed by atoms with Crippen molar-refractivity contribution in [1.29, 1.82) is 0 Å². The van der Waals surface area contributed by atoms with E-state index in [-0.39, 0.29) is 11.5 Å². The molecule has 0 saturated heterocycles. The van der Waals surface area contributed by atoms with Gasteiger partial charge in [-0.3, -0.25) is 4.79 Å². The largest absolute Gasteiger partial charge is 0.399 e. The smallest absolute Gasteiger partial charge is 0.261 e. The highest BCUT2D eigenvalue weighted by atomic mass is 19.1. The number of fused-ring (bicyclic) bond motifs is 1. The van der Waals surface area contributed by atoms with Gasteiger partial charge in [-0.05, 0) is 55.2 Å². The minimum absolute atomic E-state index is 0.107. The third kappa shape index (κ3) is 2.49. The predicted molar refractivity (Wildman–Crippen MR) is 82.0 cm³/mol. The summed E-state index contributed by atoms with van der Waals surface area (Å²) in [5, 5.41) is 0. The number of rotatable bonds is 1. The van der Waals surface area contributed by atoms with Crippen LogP contribution in [0.15, 0.2) is 36.4 Å². The number of amides is 1. The lowest BCUT2D eigenvalue weighted by molar-refractivity contribution is 0.0981. The molecule has 0 bridgehead atoms. The zero-order valence-electron chi connectivity index (χ0n) is 11.9. The van der Waals surface area contributed by atoms with Crippen molar-refractivity contribution in [3.63, 3.8) is 0 Å². The van der Waals surface area contributed by atoms with Gasteiger partial charge in [-0.15, -0.1) is 0 Å². The van der Waals surface area contributed by atoms with Crippen molar-refractivity contribution in [3.8, 4) is 0 Å². The average Bonchev–Trinajstić information content (AvgIpc) is 2.46.